The van der Waals surface area contributed by atoms with Crippen molar-refractivity contribution in [3.63, 3.8) is 0 Å². The maximum absolute atomic E-state index is 12.2. The number of methoxy groups -OCH3 is 2. The fraction of sp³-hybridized carbons (Fsp3) is 0.136. The molecule has 8 nitrogen and oxygen atoms in total. The van der Waals surface area contributed by atoms with Crippen LogP contribution in [0.25, 0.3) is 27.8 Å². The van der Waals surface area contributed by atoms with Crippen molar-refractivity contribution in [3.05, 3.63) is 60.7 Å². The van der Waals surface area contributed by atoms with Crippen LogP contribution in [0.4, 0.5) is 0 Å². The number of carbonyl (C=O) groups excluding carboxylic acids is 1. The van der Waals surface area contributed by atoms with Crippen LogP contribution >= 0.6 is 0 Å². The van der Waals surface area contributed by atoms with Gasteiger partial charge >= 0.3 is 0 Å². The van der Waals surface area contributed by atoms with Crippen molar-refractivity contribution in [1.82, 2.24) is 19.9 Å². The molecule has 5 rings (SSSR count). The summed E-state index contributed by atoms with van der Waals surface area (Å²) in [7, 11) is 3.15. The average Bonchev–Trinajstić information content (AvgIpc) is 3.22. The Labute approximate surface area is 172 Å². The maximum atomic E-state index is 12.2. The minimum Gasteiger partial charge on any atom is -0.496 e. The molecule has 0 aliphatic carbocycles. The van der Waals surface area contributed by atoms with Crippen LogP contribution in [0.15, 0.2) is 55.1 Å². The quantitative estimate of drug-likeness (QED) is 0.564. The second-order valence-electron chi connectivity index (χ2n) is 6.75. The lowest BCUT2D eigenvalue weighted by atomic mass is 10.1. The van der Waals surface area contributed by atoms with E-state index in [1.54, 1.807) is 31.9 Å². The number of hydrogen-bond acceptors (Lipinski definition) is 6. The van der Waals surface area contributed by atoms with Crippen molar-refractivity contribution >= 4 is 16.9 Å². The molecule has 0 fully saturated rings. The van der Waals surface area contributed by atoms with Crippen LogP contribution < -0.4 is 19.5 Å². The third-order valence-electron chi connectivity index (χ3n) is 5.07. The maximum Gasteiger partial charge on any atom is 0.261 e. The monoisotopic (exact) mass is 402 g/mol. The van der Waals surface area contributed by atoms with Gasteiger partial charge in [0.05, 0.1) is 37.1 Å². The summed E-state index contributed by atoms with van der Waals surface area (Å²) in [6, 6.07) is 11.6. The first-order valence-corrected chi connectivity index (χ1v) is 9.28. The van der Waals surface area contributed by atoms with Crippen molar-refractivity contribution in [2.75, 3.05) is 21.0 Å². The molecule has 0 spiro atoms. The minimum absolute atomic E-state index is 0.126. The summed E-state index contributed by atoms with van der Waals surface area (Å²) < 4.78 is 18.3. The molecule has 1 N–H and O–H groups in total. The molecule has 0 radical (unpaired) electrons. The summed E-state index contributed by atoms with van der Waals surface area (Å²) >= 11 is 0. The van der Waals surface area contributed by atoms with E-state index in [0.717, 1.165) is 27.8 Å². The largest absolute Gasteiger partial charge is 0.496 e. The van der Waals surface area contributed by atoms with Gasteiger partial charge in [0, 0.05) is 23.9 Å². The Morgan fingerprint density at radius 3 is 2.80 bits per heavy atom. The first-order valence-electron chi connectivity index (χ1n) is 9.28. The van der Waals surface area contributed by atoms with E-state index in [9.17, 15) is 4.79 Å². The van der Waals surface area contributed by atoms with Crippen LogP contribution in [0.3, 0.4) is 0 Å². The second-order valence-corrected chi connectivity index (χ2v) is 6.75. The number of pyridine rings is 1. The van der Waals surface area contributed by atoms with Gasteiger partial charge in [-0.3, -0.25) is 14.3 Å². The van der Waals surface area contributed by atoms with Gasteiger partial charge in [0.25, 0.3) is 5.91 Å². The number of ether oxygens (including phenoxy) is 3. The van der Waals surface area contributed by atoms with Crippen LogP contribution in [0.1, 0.15) is 10.4 Å². The predicted molar refractivity (Wildman–Crippen MR) is 110 cm³/mol. The van der Waals surface area contributed by atoms with E-state index in [0.29, 0.717) is 22.8 Å². The number of imidazole rings is 1. The summed E-state index contributed by atoms with van der Waals surface area (Å²) in [6.07, 6.45) is 5.20. The number of benzene rings is 2. The number of nitrogens with zero attached hydrogens (tertiary/aromatic N) is 3. The standard InChI is InChI=1S/C22H18N4O4/c1-28-16-5-14(9-23-10-16)13-3-4-18-17(6-13)24-11-26(18)15-7-19(29-2)21-20(8-15)30-12-25-22(21)27/h3-11H,12H2,1-2H3,(H,25,27). The highest BCUT2D eigenvalue weighted by Gasteiger charge is 2.24. The summed E-state index contributed by atoms with van der Waals surface area (Å²) in [5, 5.41) is 2.65. The topological polar surface area (TPSA) is 87.5 Å². The van der Waals surface area contributed by atoms with Gasteiger partial charge in [-0.15, -0.1) is 0 Å². The van der Waals surface area contributed by atoms with Crippen LogP contribution in [-0.2, 0) is 0 Å². The number of fused-ring (bicyclic) bond motifs is 2. The van der Waals surface area contributed by atoms with E-state index in [-0.39, 0.29) is 12.6 Å². The highest BCUT2D eigenvalue weighted by molar-refractivity contribution is 6.01. The molecular weight excluding hydrogens is 384 g/mol. The second kappa shape index (κ2) is 7.07. The molecule has 0 unspecified atom stereocenters. The van der Waals surface area contributed by atoms with Crippen LogP contribution in [0.2, 0.25) is 0 Å². The third kappa shape index (κ3) is 2.89. The number of aromatic nitrogens is 3. The molecule has 0 saturated carbocycles. The molecule has 0 bridgehead atoms. The Hall–Kier alpha value is -4.07. The summed E-state index contributed by atoms with van der Waals surface area (Å²) in [5.74, 6) is 1.41. The number of rotatable bonds is 4. The lowest BCUT2D eigenvalue weighted by Gasteiger charge is -2.21. The highest BCUT2D eigenvalue weighted by atomic mass is 16.5. The molecule has 2 aromatic carbocycles. The van der Waals surface area contributed by atoms with Crippen molar-refractivity contribution < 1.29 is 19.0 Å². The van der Waals surface area contributed by atoms with Gasteiger partial charge in [-0.2, -0.15) is 0 Å². The Kier molecular flexibility index (Phi) is 4.24. The molecule has 3 heterocycles. The summed E-state index contributed by atoms with van der Waals surface area (Å²) in [5.41, 5.74) is 4.86. The van der Waals surface area contributed by atoms with Gasteiger partial charge in [-0.25, -0.2) is 4.98 Å². The van der Waals surface area contributed by atoms with E-state index < -0.39 is 0 Å². The molecule has 1 aliphatic heterocycles. The van der Waals surface area contributed by atoms with Gasteiger partial charge in [-0.05, 0) is 23.8 Å². The Morgan fingerprint density at radius 2 is 1.97 bits per heavy atom. The minimum atomic E-state index is -0.216. The number of nitrogens with one attached hydrogen (secondary N) is 1. The van der Waals surface area contributed by atoms with E-state index in [1.165, 1.54) is 7.11 Å². The smallest absolute Gasteiger partial charge is 0.261 e. The zero-order chi connectivity index (χ0) is 20.7. The third-order valence-corrected chi connectivity index (χ3v) is 5.07. The van der Waals surface area contributed by atoms with E-state index in [1.807, 2.05) is 34.9 Å². The number of carbonyl (C=O) groups is 1. The molecule has 2 aromatic heterocycles. The van der Waals surface area contributed by atoms with E-state index in [4.69, 9.17) is 14.2 Å². The molecule has 30 heavy (non-hydrogen) atoms. The summed E-state index contributed by atoms with van der Waals surface area (Å²) in [6.45, 7) is 0.126. The summed E-state index contributed by atoms with van der Waals surface area (Å²) in [4.78, 5) is 21.0. The molecule has 1 aliphatic rings. The van der Waals surface area contributed by atoms with Crippen LogP contribution in [0, 0.1) is 0 Å². The zero-order valence-electron chi connectivity index (χ0n) is 16.4. The van der Waals surface area contributed by atoms with Crippen LogP contribution in [-0.4, -0.2) is 41.4 Å². The first kappa shape index (κ1) is 18.0. The van der Waals surface area contributed by atoms with Crippen molar-refractivity contribution in [2.24, 2.45) is 0 Å². The molecule has 150 valence electrons. The van der Waals surface area contributed by atoms with Crippen molar-refractivity contribution in [3.8, 4) is 34.1 Å². The van der Waals surface area contributed by atoms with Gasteiger partial charge in [0.1, 0.15) is 29.1 Å². The lowest BCUT2D eigenvalue weighted by Crippen LogP contribution is -2.33. The van der Waals surface area contributed by atoms with Crippen molar-refractivity contribution in [2.45, 2.75) is 0 Å². The molecule has 1 amide bonds. The average molecular weight is 402 g/mol. The SMILES string of the molecule is COc1cncc(-c2ccc3c(c2)ncn3-c2cc(OC)c3c(c2)OCNC3=O)c1. The highest BCUT2D eigenvalue weighted by Crippen LogP contribution is 2.35. The Balaban J connectivity index is 1.60. The van der Waals surface area contributed by atoms with Gasteiger partial charge in [-0.1, -0.05) is 6.07 Å². The van der Waals surface area contributed by atoms with E-state index in [2.05, 4.69) is 15.3 Å². The fourth-order valence-corrected chi connectivity index (χ4v) is 3.57. The fourth-order valence-electron chi connectivity index (χ4n) is 3.57. The van der Waals surface area contributed by atoms with Gasteiger partial charge < -0.3 is 19.5 Å². The number of hydrogen-bond donors (Lipinski definition) is 1. The lowest BCUT2D eigenvalue weighted by molar-refractivity contribution is 0.0879. The number of amides is 1. The van der Waals surface area contributed by atoms with Gasteiger partial charge in [0.2, 0.25) is 0 Å². The molecule has 0 saturated heterocycles. The molecular formula is C22H18N4O4. The van der Waals surface area contributed by atoms with Crippen LogP contribution in [0.5, 0.6) is 17.2 Å². The molecule has 4 aromatic rings. The first-order chi connectivity index (χ1) is 14.7. The Bertz CT molecular complexity index is 1260. The predicted octanol–water partition coefficient (Wildman–Crippen LogP) is 3.18. The Morgan fingerprint density at radius 1 is 1.07 bits per heavy atom. The van der Waals surface area contributed by atoms with Crippen molar-refractivity contribution in [1.29, 1.82) is 0 Å². The zero-order valence-corrected chi connectivity index (χ0v) is 16.4. The van der Waals surface area contributed by atoms with Gasteiger partial charge in [0.15, 0.2) is 6.73 Å². The molecule has 0 atom stereocenters. The molecule has 8 heteroatoms. The normalized spacial score (nSPS) is 12.8. The van der Waals surface area contributed by atoms with E-state index >= 15 is 0 Å².